The molecule has 0 aliphatic rings. The summed E-state index contributed by atoms with van der Waals surface area (Å²) in [6, 6.07) is 7.37. The molecule has 0 aliphatic heterocycles. The molecule has 0 aliphatic carbocycles. The van der Waals surface area contributed by atoms with E-state index in [1.807, 2.05) is 0 Å². The lowest BCUT2D eigenvalue weighted by Gasteiger charge is -2.34. The van der Waals surface area contributed by atoms with Gasteiger partial charge in [0.2, 0.25) is 0 Å². The third kappa shape index (κ3) is 5.44. The van der Waals surface area contributed by atoms with Crippen LogP contribution in [0.25, 0.3) is 0 Å². The average Bonchev–Trinajstić information content (AvgIpc) is 2.42. The lowest BCUT2D eigenvalue weighted by Crippen LogP contribution is -2.41. The van der Waals surface area contributed by atoms with E-state index in [0.29, 0.717) is 12.0 Å². The van der Waals surface area contributed by atoms with Crippen LogP contribution in [0, 0.1) is 19.8 Å². The zero-order valence-corrected chi connectivity index (χ0v) is 14.8. The maximum atomic E-state index is 6.50. The molecule has 1 aromatic carbocycles. The number of nitrogens with two attached hydrogens (primary N) is 1. The third-order valence-corrected chi connectivity index (χ3v) is 4.45. The fourth-order valence-electron chi connectivity index (χ4n) is 3.00. The average molecular weight is 290 g/mol. The minimum absolute atomic E-state index is 0.101. The summed E-state index contributed by atoms with van der Waals surface area (Å²) < 4.78 is 0. The van der Waals surface area contributed by atoms with Gasteiger partial charge in [-0.25, -0.2) is 0 Å². The van der Waals surface area contributed by atoms with Gasteiger partial charge in [-0.15, -0.1) is 0 Å². The van der Waals surface area contributed by atoms with Crippen molar-refractivity contribution in [1.82, 2.24) is 4.90 Å². The van der Waals surface area contributed by atoms with Gasteiger partial charge in [0.1, 0.15) is 0 Å². The Morgan fingerprint density at radius 2 is 1.62 bits per heavy atom. The molecule has 1 atom stereocenters. The Bertz CT molecular complexity index is 422. The smallest absolute Gasteiger partial charge is 0.0424 e. The summed E-state index contributed by atoms with van der Waals surface area (Å²) in [5, 5.41) is 0. The van der Waals surface area contributed by atoms with Crippen LogP contribution in [0.3, 0.4) is 0 Å². The van der Waals surface area contributed by atoms with Crippen LogP contribution >= 0.6 is 0 Å². The highest BCUT2D eigenvalue weighted by atomic mass is 15.2. The van der Waals surface area contributed by atoms with Gasteiger partial charge in [-0.2, -0.15) is 0 Å². The molecule has 2 nitrogen and oxygen atoms in total. The molecule has 0 radical (unpaired) electrons. The topological polar surface area (TPSA) is 29.3 Å². The Morgan fingerprint density at radius 3 is 2.10 bits per heavy atom. The molecule has 1 rings (SSSR count). The van der Waals surface area contributed by atoms with Crippen LogP contribution in [0.5, 0.6) is 0 Å². The number of benzene rings is 1. The second-order valence-electron chi connectivity index (χ2n) is 6.77. The fraction of sp³-hybridized carbons (Fsp3) is 0.684. The second-order valence-corrected chi connectivity index (χ2v) is 6.77. The van der Waals surface area contributed by atoms with Crippen LogP contribution in [0.1, 0.15) is 63.3 Å². The summed E-state index contributed by atoms with van der Waals surface area (Å²) in [6.07, 6.45) is 2.39. The largest absolute Gasteiger partial charge is 0.323 e. The molecule has 0 aromatic heterocycles. The molecule has 0 heterocycles. The van der Waals surface area contributed by atoms with Crippen LogP contribution < -0.4 is 5.73 Å². The lowest BCUT2D eigenvalue weighted by atomic mass is 9.99. The van der Waals surface area contributed by atoms with Gasteiger partial charge in [0.05, 0.1) is 0 Å². The number of rotatable bonds is 8. The highest BCUT2D eigenvalue weighted by molar-refractivity contribution is 5.31. The summed E-state index contributed by atoms with van der Waals surface area (Å²) in [7, 11) is 0. The molecule has 0 amide bonds. The highest BCUT2D eigenvalue weighted by Gasteiger charge is 2.19. The van der Waals surface area contributed by atoms with Crippen molar-refractivity contribution in [3.63, 3.8) is 0 Å². The number of hydrogen-bond donors (Lipinski definition) is 1. The van der Waals surface area contributed by atoms with Gasteiger partial charge in [0.25, 0.3) is 0 Å². The minimum atomic E-state index is 0.101. The Labute approximate surface area is 131 Å². The van der Waals surface area contributed by atoms with Gasteiger partial charge in [-0.05, 0) is 49.3 Å². The van der Waals surface area contributed by atoms with E-state index in [1.165, 1.54) is 29.5 Å². The number of hydrogen-bond acceptors (Lipinski definition) is 2. The molecule has 1 unspecified atom stereocenters. The van der Waals surface area contributed by atoms with Crippen molar-refractivity contribution < 1.29 is 0 Å². The Morgan fingerprint density at radius 1 is 1.00 bits per heavy atom. The van der Waals surface area contributed by atoms with Gasteiger partial charge in [0, 0.05) is 25.2 Å². The molecule has 0 saturated heterocycles. The Hall–Kier alpha value is -0.860. The van der Waals surface area contributed by atoms with Crippen molar-refractivity contribution in [1.29, 1.82) is 0 Å². The molecule has 0 bridgehead atoms. The second kappa shape index (κ2) is 8.55. The van der Waals surface area contributed by atoms with E-state index >= 15 is 0 Å². The molecule has 1 aromatic rings. The molecule has 2 N–H and O–H groups in total. The lowest BCUT2D eigenvalue weighted by molar-refractivity contribution is 0.156. The normalized spacial score (nSPS) is 13.4. The van der Waals surface area contributed by atoms with E-state index < -0.39 is 0 Å². The van der Waals surface area contributed by atoms with Crippen LogP contribution in [0.4, 0.5) is 0 Å². The predicted molar refractivity (Wildman–Crippen MR) is 93.6 cm³/mol. The van der Waals surface area contributed by atoms with Crippen LogP contribution in [0.15, 0.2) is 18.2 Å². The maximum absolute atomic E-state index is 6.50. The van der Waals surface area contributed by atoms with Gasteiger partial charge < -0.3 is 5.73 Å². The summed E-state index contributed by atoms with van der Waals surface area (Å²) in [5.74, 6) is 0.678. The fourth-order valence-corrected chi connectivity index (χ4v) is 3.00. The number of nitrogens with zero attached hydrogens (tertiary/aromatic N) is 1. The standard InChI is InChI=1S/C19H34N2/c1-7-18(8-2)21(12-14(3)4)13-19(20)17-10-9-15(5)16(6)11-17/h9-11,14,18-19H,7-8,12-13,20H2,1-6H3. The quantitative estimate of drug-likeness (QED) is 0.766. The monoisotopic (exact) mass is 290 g/mol. The van der Waals surface area contributed by atoms with Crippen LogP contribution in [0.2, 0.25) is 0 Å². The highest BCUT2D eigenvalue weighted by Crippen LogP contribution is 2.19. The van der Waals surface area contributed by atoms with E-state index in [-0.39, 0.29) is 6.04 Å². The van der Waals surface area contributed by atoms with E-state index in [1.54, 1.807) is 0 Å². The van der Waals surface area contributed by atoms with Crippen molar-refractivity contribution in [2.45, 2.75) is 66.5 Å². The maximum Gasteiger partial charge on any atom is 0.0424 e. The van der Waals surface area contributed by atoms with Crippen molar-refractivity contribution in [3.05, 3.63) is 34.9 Å². The SMILES string of the molecule is CCC(CC)N(CC(C)C)CC(N)c1ccc(C)c(C)c1. The molecule has 0 fully saturated rings. The molecule has 21 heavy (non-hydrogen) atoms. The van der Waals surface area contributed by atoms with Gasteiger partial charge >= 0.3 is 0 Å². The van der Waals surface area contributed by atoms with Gasteiger partial charge in [0.15, 0.2) is 0 Å². The Balaban J connectivity index is 2.83. The predicted octanol–water partition coefficient (Wildman–Crippen LogP) is 4.45. The van der Waals surface area contributed by atoms with Crippen LogP contribution in [-0.4, -0.2) is 24.0 Å². The van der Waals surface area contributed by atoms with E-state index in [9.17, 15) is 0 Å². The van der Waals surface area contributed by atoms with Crippen molar-refractivity contribution in [2.24, 2.45) is 11.7 Å². The first-order valence-corrected chi connectivity index (χ1v) is 8.45. The van der Waals surface area contributed by atoms with E-state index in [2.05, 4.69) is 64.6 Å². The zero-order valence-electron chi connectivity index (χ0n) is 14.8. The van der Waals surface area contributed by atoms with Crippen LogP contribution in [-0.2, 0) is 0 Å². The summed E-state index contributed by atoms with van der Waals surface area (Å²) >= 11 is 0. The van der Waals surface area contributed by atoms with Crippen molar-refractivity contribution in [3.8, 4) is 0 Å². The third-order valence-electron chi connectivity index (χ3n) is 4.45. The first-order chi connectivity index (χ1) is 9.88. The molecular formula is C19H34N2. The van der Waals surface area contributed by atoms with E-state index in [0.717, 1.165) is 13.1 Å². The zero-order chi connectivity index (χ0) is 16.0. The first-order valence-electron chi connectivity index (χ1n) is 8.45. The molecule has 0 saturated carbocycles. The van der Waals surface area contributed by atoms with Crippen molar-refractivity contribution in [2.75, 3.05) is 13.1 Å². The molecule has 0 spiro atoms. The molecule has 2 heteroatoms. The summed E-state index contributed by atoms with van der Waals surface area (Å²) in [6.45, 7) is 15.5. The first kappa shape index (κ1) is 18.2. The molecule has 120 valence electrons. The van der Waals surface area contributed by atoms with Gasteiger partial charge in [-0.1, -0.05) is 45.9 Å². The summed E-state index contributed by atoms with van der Waals surface area (Å²) in [5.41, 5.74) is 10.4. The summed E-state index contributed by atoms with van der Waals surface area (Å²) in [4.78, 5) is 2.59. The van der Waals surface area contributed by atoms with Gasteiger partial charge in [-0.3, -0.25) is 4.90 Å². The minimum Gasteiger partial charge on any atom is -0.323 e. The van der Waals surface area contributed by atoms with E-state index in [4.69, 9.17) is 5.73 Å². The molecular weight excluding hydrogens is 256 g/mol. The number of aryl methyl sites for hydroxylation is 2. The van der Waals surface area contributed by atoms with Crippen molar-refractivity contribution >= 4 is 0 Å². The Kier molecular flexibility index (Phi) is 7.41.